The van der Waals surface area contributed by atoms with Gasteiger partial charge in [0.25, 0.3) is 0 Å². The van der Waals surface area contributed by atoms with E-state index in [9.17, 15) is 13.2 Å². The Bertz CT molecular complexity index is 1030. The highest BCUT2D eigenvalue weighted by Crippen LogP contribution is 2.32. The van der Waals surface area contributed by atoms with Gasteiger partial charge in [-0.2, -0.15) is 13.2 Å². The highest BCUT2D eigenvalue weighted by Gasteiger charge is 2.31. The molecule has 3 aromatic rings. The van der Waals surface area contributed by atoms with Gasteiger partial charge in [0, 0.05) is 37.3 Å². The molecule has 29 heavy (non-hydrogen) atoms. The number of nitrogens with one attached hydrogen (secondary N) is 1. The van der Waals surface area contributed by atoms with Crippen molar-refractivity contribution in [2.45, 2.75) is 6.18 Å². The molecule has 0 aliphatic carbocycles. The lowest BCUT2D eigenvalue weighted by Gasteiger charge is -2.37. The molecule has 4 rings (SSSR count). The smallest absolute Gasteiger partial charge is 0.368 e. The van der Waals surface area contributed by atoms with Crippen molar-refractivity contribution in [3.63, 3.8) is 0 Å². The zero-order valence-corrected chi connectivity index (χ0v) is 16.2. The maximum absolute atomic E-state index is 13.0. The molecular weight excluding hydrogens is 399 g/mol. The van der Waals surface area contributed by atoms with Gasteiger partial charge in [-0.25, -0.2) is 9.97 Å². The van der Waals surface area contributed by atoms with E-state index in [0.29, 0.717) is 42.8 Å². The van der Waals surface area contributed by atoms with Crippen molar-refractivity contribution in [2.24, 2.45) is 0 Å². The summed E-state index contributed by atoms with van der Waals surface area (Å²) in [6.07, 6.45) is -2.86. The van der Waals surface area contributed by atoms with Gasteiger partial charge in [0.05, 0.1) is 11.1 Å². The lowest BCUT2D eigenvalue weighted by atomic mass is 10.1. The van der Waals surface area contributed by atoms with E-state index in [-0.39, 0.29) is 0 Å². The van der Waals surface area contributed by atoms with Crippen LogP contribution in [0, 0.1) is 0 Å². The summed E-state index contributed by atoms with van der Waals surface area (Å²) in [6, 6.07) is 13.1. The predicted molar refractivity (Wildman–Crippen MR) is 111 cm³/mol. The van der Waals surface area contributed by atoms with Crippen LogP contribution in [0.5, 0.6) is 0 Å². The van der Waals surface area contributed by atoms with E-state index in [0.717, 1.165) is 17.0 Å². The third-order valence-corrected chi connectivity index (χ3v) is 5.23. The topological polar surface area (TPSA) is 44.3 Å². The van der Waals surface area contributed by atoms with Crippen LogP contribution < -0.4 is 10.2 Å². The molecule has 0 saturated carbocycles. The molecule has 9 heteroatoms. The second-order valence-corrected chi connectivity index (χ2v) is 7.08. The van der Waals surface area contributed by atoms with Gasteiger partial charge in [-0.1, -0.05) is 18.2 Å². The molecule has 2 heterocycles. The summed E-state index contributed by atoms with van der Waals surface area (Å²) in [7, 11) is 0. The summed E-state index contributed by atoms with van der Waals surface area (Å²) in [5, 5.41) is 4.59. The maximum atomic E-state index is 13.0. The lowest BCUT2D eigenvalue weighted by molar-refractivity contribution is -0.137. The van der Waals surface area contributed by atoms with Crippen LogP contribution in [0.4, 0.5) is 24.7 Å². The molecule has 0 spiro atoms. The van der Waals surface area contributed by atoms with Gasteiger partial charge < -0.3 is 15.1 Å². The van der Waals surface area contributed by atoms with Crippen LogP contribution in [-0.4, -0.2) is 46.2 Å². The Hall–Kier alpha value is -2.94. The molecule has 1 aromatic heterocycles. The summed E-state index contributed by atoms with van der Waals surface area (Å²) in [5.74, 6) is 0.640. The van der Waals surface area contributed by atoms with Crippen molar-refractivity contribution in [2.75, 3.05) is 36.4 Å². The van der Waals surface area contributed by atoms with E-state index in [1.54, 1.807) is 6.07 Å². The van der Waals surface area contributed by atoms with Crippen LogP contribution in [-0.2, 0) is 6.18 Å². The number of fused-ring (bicyclic) bond motifs is 1. The quantitative estimate of drug-likeness (QED) is 0.632. The molecule has 1 N–H and O–H groups in total. The first-order valence-electron chi connectivity index (χ1n) is 9.10. The standard InChI is InChI=1S/C20H18F3N5S/c21-20(22,23)14-4-3-5-15(12-14)27-8-10-28(11-9-27)19(29)26-18-16-6-1-2-7-17(16)24-13-25-18/h1-7,12-13H,8-11H2,(H,24,25,26,29). The van der Waals surface area contributed by atoms with Crippen molar-refractivity contribution in [1.29, 1.82) is 0 Å². The highest BCUT2D eigenvalue weighted by molar-refractivity contribution is 7.80. The molecule has 0 radical (unpaired) electrons. The summed E-state index contributed by atoms with van der Waals surface area (Å²) in [6.45, 7) is 2.36. The number of thiocarbonyl (C=S) groups is 1. The molecule has 0 amide bonds. The number of alkyl halides is 3. The Morgan fingerprint density at radius 1 is 0.966 bits per heavy atom. The third kappa shape index (κ3) is 4.24. The van der Waals surface area contributed by atoms with Gasteiger partial charge >= 0.3 is 6.18 Å². The minimum Gasteiger partial charge on any atom is -0.368 e. The van der Waals surface area contributed by atoms with Crippen molar-refractivity contribution >= 4 is 39.7 Å². The van der Waals surface area contributed by atoms with E-state index in [1.807, 2.05) is 34.1 Å². The fourth-order valence-electron chi connectivity index (χ4n) is 3.33. The molecule has 5 nitrogen and oxygen atoms in total. The van der Waals surface area contributed by atoms with Crippen molar-refractivity contribution in [3.8, 4) is 0 Å². The first-order chi connectivity index (χ1) is 13.9. The van der Waals surface area contributed by atoms with E-state index < -0.39 is 11.7 Å². The Balaban J connectivity index is 1.41. The van der Waals surface area contributed by atoms with Gasteiger partial charge in [0.2, 0.25) is 0 Å². The molecule has 0 unspecified atom stereocenters. The van der Waals surface area contributed by atoms with Crippen LogP contribution >= 0.6 is 12.2 Å². The minimum absolute atomic E-state index is 0.539. The molecule has 0 bridgehead atoms. The monoisotopic (exact) mass is 417 g/mol. The average molecular weight is 417 g/mol. The number of aromatic nitrogens is 2. The molecule has 1 aliphatic rings. The van der Waals surface area contributed by atoms with E-state index in [4.69, 9.17) is 12.2 Å². The Morgan fingerprint density at radius 2 is 1.72 bits per heavy atom. The van der Waals surface area contributed by atoms with Gasteiger partial charge in [0.1, 0.15) is 12.1 Å². The number of para-hydroxylation sites is 1. The number of hydrogen-bond donors (Lipinski definition) is 1. The molecular formula is C20H18F3N5S. The van der Waals surface area contributed by atoms with Crippen molar-refractivity contribution in [1.82, 2.24) is 14.9 Å². The van der Waals surface area contributed by atoms with Crippen LogP contribution in [0.2, 0.25) is 0 Å². The van der Waals surface area contributed by atoms with Crippen LogP contribution in [0.1, 0.15) is 5.56 Å². The number of rotatable bonds is 2. The fourth-order valence-corrected chi connectivity index (χ4v) is 3.61. The highest BCUT2D eigenvalue weighted by atomic mass is 32.1. The normalized spacial score (nSPS) is 14.9. The maximum Gasteiger partial charge on any atom is 0.416 e. The second-order valence-electron chi connectivity index (χ2n) is 6.69. The zero-order valence-electron chi connectivity index (χ0n) is 15.4. The number of halogens is 3. The second kappa shape index (κ2) is 7.82. The van der Waals surface area contributed by atoms with Gasteiger partial charge in [-0.15, -0.1) is 0 Å². The molecule has 1 saturated heterocycles. The largest absolute Gasteiger partial charge is 0.416 e. The minimum atomic E-state index is -4.34. The summed E-state index contributed by atoms with van der Waals surface area (Å²) in [4.78, 5) is 12.5. The SMILES string of the molecule is FC(F)(F)c1cccc(N2CCN(C(=S)Nc3ncnc4ccccc34)CC2)c1. The zero-order chi connectivity index (χ0) is 20.4. The molecule has 1 aliphatic heterocycles. The summed E-state index contributed by atoms with van der Waals surface area (Å²) >= 11 is 5.53. The molecule has 1 fully saturated rings. The van der Waals surface area contributed by atoms with Crippen LogP contribution in [0.15, 0.2) is 54.9 Å². The van der Waals surface area contributed by atoms with Gasteiger partial charge in [-0.3, -0.25) is 0 Å². The number of piperazine rings is 1. The van der Waals surface area contributed by atoms with E-state index in [1.165, 1.54) is 18.5 Å². The Labute approximate surface area is 171 Å². The first kappa shape index (κ1) is 19.4. The van der Waals surface area contributed by atoms with Crippen LogP contribution in [0.3, 0.4) is 0 Å². The molecule has 2 aromatic carbocycles. The van der Waals surface area contributed by atoms with Gasteiger partial charge in [-0.05, 0) is 42.5 Å². The van der Waals surface area contributed by atoms with E-state index >= 15 is 0 Å². The van der Waals surface area contributed by atoms with Gasteiger partial charge in [0.15, 0.2) is 5.11 Å². The Morgan fingerprint density at radius 3 is 2.48 bits per heavy atom. The molecule has 0 atom stereocenters. The lowest BCUT2D eigenvalue weighted by Crippen LogP contribution is -2.50. The van der Waals surface area contributed by atoms with Crippen LogP contribution in [0.25, 0.3) is 10.9 Å². The Kier molecular flexibility index (Phi) is 5.23. The molecule has 150 valence electrons. The van der Waals surface area contributed by atoms with E-state index in [2.05, 4.69) is 15.3 Å². The summed E-state index contributed by atoms with van der Waals surface area (Å²) < 4.78 is 38.9. The van der Waals surface area contributed by atoms with Crippen molar-refractivity contribution in [3.05, 3.63) is 60.4 Å². The number of nitrogens with zero attached hydrogens (tertiary/aromatic N) is 4. The number of benzene rings is 2. The third-order valence-electron chi connectivity index (χ3n) is 4.87. The number of hydrogen-bond acceptors (Lipinski definition) is 4. The fraction of sp³-hybridized carbons (Fsp3) is 0.250. The predicted octanol–water partition coefficient (Wildman–Crippen LogP) is 4.17. The van der Waals surface area contributed by atoms with Crippen molar-refractivity contribution < 1.29 is 13.2 Å². The first-order valence-corrected chi connectivity index (χ1v) is 9.50. The summed E-state index contributed by atoms with van der Waals surface area (Å²) in [5.41, 5.74) is 0.757. The average Bonchev–Trinajstić information content (AvgIpc) is 2.73. The number of anilines is 2.